The van der Waals surface area contributed by atoms with Gasteiger partial charge in [0.1, 0.15) is 23.7 Å². The Hall–Kier alpha value is -4.34. The summed E-state index contributed by atoms with van der Waals surface area (Å²) in [5.74, 6) is 0.722. The average Bonchev–Trinajstić information content (AvgIpc) is 3.25. The molecule has 150 valence electrons. The van der Waals surface area contributed by atoms with Crippen LogP contribution in [0.25, 0.3) is 11.5 Å². The first kappa shape index (κ1) is 19.0. The molecule has 0 bridgehead atoms. The van der Waals surface area contributed by atoms with Gasteiger partial charge in [-0.05, 0) is 30.3 Å². The number of rotatable bonds is 7. The number of nitrogens with zero attached hydrogens (tertiary/aromatic N) is 5. The molecular formula is C20H17N7O3. The molecule has 10 heteroatoms. The van der Waals surface area contributed by atoms with Gasteiger partial charge in [-0.25, -0.2) is 4.68 Å². The molecule has 0 aliphatic carbocycles. The van der Waals surface area contributed by atoms with Crippen molar-refractivity contribution >= 4 is 11.9 Å². The SMILES string of the molecule is O=C(Nc1nnc(-c2ccccn2)[nH]1)c1ccc(=O)n(CCOc2ccccc2)n1. The predicted molar refractivity (Wildman–Crippen MR) is 108 cm³/mol. The average molecular weight is 403 g/mol. The van der Waals surface area contributed by atoms with Gasteiger partial charge in [0.2, 0.25) is 5.95 Å². The Morgan fingerprint density at radius 3 is 2.67 bits per heavy atom. The number of H-pyrrole nitrogens is 1. The summed E-state index contributed by atoms with van der Waals surface area (Å²) in [5, 5.41) is 14.5. The van der Waals surface area contributed by atoms with Gasteiger partial charge in [-0.3, -0.25) is 19.9 Å². The van der Waals surface area contributed by atoms with E-state index in [1.165, 1.54) is 16.8 Å². The fourth-order valence-corrected chi connectivity index (χ4v) is 2.60. The van der Waals surface area contributed by atoms with Gasteiger partial charge in [-0.1, -0.05) is 24.3 Å². The number of carbonyl (C=O) groups excluding carboxylic acids is 1. The minimum Gasteiger partial charge on any atom is -0.492 e. The van der Waals surface area contributed by atoms with Crippen molar-refractivity contribution in [3.8, 4) is 17.3 Å². The van der Waals surface area contributed by atoms with Crippen LogP contribution in [0.15, 0.2) is 71.7 Å². The Bertz CT molecular complexity index is 1190. The molecule has 0 aliphatic heterocycles. The van der Waals surface area contributed by atoms with Crippen molar-refractivity contribution < 1.29 is 9.53 Å². The lowest BCUT2D eigenvalue weighted by atomic mass is 10.3. The van der Waals surface area contributed by atoms with Gasteiger partial charge < -0.3 is 9.72 Å². The number of benzene rings is 1. The number of aromatic nitrogens is 6. The van der Waals surface area contributed by atoms with Crippen LogP contribution in [0, 0.1) is 0 Å². The Morgan fingerprint density at radius 2 is 1.87 bits per heavy atom. The number of pyridine rings is 1. The molecule has 2 N–H and O–H groups in total. The Labute approximate surface area is 170 Å². The number of hydrogen-bond acceptors (Lipinski definition) is 7. The summed E-state index contributed by atoms with van der Waals surface area (Å²) in [6.07, 6.45) is 1.63. The molecule has 10 nitrogen and oxygen atoms in total. The number of para-hydroxylation sites is 1. The van der Waals surface area contributed by atoms with E-state index in [1.807, 2.05) is 36.4 Å². The number of nitrogens with one attached hydrogen (secondary N) is 2. The third kappa shape index (κ3) is 4.55. The van der Waals surface area contributed by atoms with Crippen LogP contribution in [0.5, 0.6) is 5.75 Å². The molecule has 0 radical (unpaired) electrons. The van der Waals surface area contributed by atoms with Crippen LogP contribution in [0.2, 0.25) is 0 Å². The van der Waals surface area contributed by atoms with E-state index in [-0.39, 0.29) is 30.4 Å². The third-order valence-electron chi connectivity index (χ3n) is 4.04. The summed E-state index contributed by atoms with van der Waals surface area (Å²) in [7, 11) is 0. The second-order valence-corrected chi connectivity index (χ2v) is 6.13. The zero-order valence-corrected chi connectivity index (χ0v) is 15.7. The van der Waals surface area contributed by atoms with Crippen LogP contribution >= 0.6 is 0 Å². The zero-order valence-electron chi connectivity index (χ0n) is 15.7. The highest BCUT2D eigenvalue weighted by atomic mass is 16.5. The molecule has 4 aromatic rings. The molecule has 4 rings (SSSR count). The highest BCUT2D eigenvalue weighted by Crippen LogP contribution is 2.12. The molecular weight excluding hydrogens is 386 g/mol. The molecule has 0 atom stereocenters. The van der Waals surface area contributed by atoms with Gasteiger partial charge in [0.25, 0.3) is 11.5 Å². The molecule has 30 heavy (non-hydrogen) atoms. The third-order valence-corrected chi connectivity index (χ3v) is 4.04. The maximum absolute atomic E-state index is 12.5. The largest absolute Gasteiger partial charge is 0.492 e. The second kappa shape index (κ2) is 8.78. The molecule has 1 aromatic carbocycles. The van der Waals surface area contributed by atoms with E-state index >= 15 is 0 Å². The first-order valence-corrected chi connectivity index (χ1v) is 9.10. The van der Waals surface area contributed by atoms with Crippen LogP contribution in [-0.4, -0.2) is 42.5 Å². The van der Waals surface area contributed by atoms with Crippen molar-refractivity contribution in [1.29, 1.82) is 0 Å². The van der Waals surface area contributed by atoms with E-state index in [4.69, 9.17) is 4.74 Å². The topological polar surface area (TPSA) is 128 Å². The van der Waals surface area contributed by atoms with Gasteiger partial charge in [-0.15, -0.1) is 10.2 Å². The van der Waals surface area contributed by atoms with Crippen LogP contribution in [0.3, 0.4) is 0 Å². The van der Waals surface area contributed by atoms with Gasteiger partial charge in [-0.2, -0.15) is 5.10 Å². The Balaban J connectivity index is 1.41. The molecule has 0 saturated heterocycles. The smallest absolute Gasteiger partial charge is 0.278 e. The number of ether oxygens (including phenoxy) is 1. The van der Waals surface area contributed by atoms with Gasteiger partial charge in [0.15, 0.2) is 5.82 Å². The van der Waals surface area contributed by atoms with Gasteiger partial charge in [0, 0.05) is 12.3 Å². The number of amides is 1. The zero-order chi connectivity index (χ0) is 20.8. The Kier molecular flexibility index (Phi) is 5.56. The minimum absolute atomic E-state index is 0.0603. The molecule has 0 aliphatic rings. The lowest BCUT2D eigenvalue weighted by molar-refractivity contribution is 0.101. The normalized spacial score (nSPS) is 10.5. The summed E-state index contributed by atoms with van der Waals surface area (Å²) in [4.78, 5) is 31.6. The van der Waals surface area contributed by atoms with E-state index in [1.54, 1.807) is 18.3 Å². The van der Waals surface area contributed by atoms with Crippen LogP contribution in [-0.2, 0) is 6.54 Å². The maximum atomic E-state index is 12.5. The van der Waals surface area contributed by atoms with Crippen molar-refractivity contribution in [2.75, 3.05) is 11.9 Å². The van der Waals surface area contributed by atoms with Gasteiger partial charge in [0.05, 0.1) is 6.54 Å². The van der Waals surface area contributed by atoms with Crippen molar-refractivity contribution in [1.82, 2.24) is 29.9 Å². The van der Waals surface area contributed by atoms with Crippen LogP contribution in [0.4, 0.5) is 5.95 Å². The van der Waals surface area contributed by atoms with Gasteiger partial charge >= 0.3 is 0 Å². The van der Waals surface area contributed by atoms with E-state index in [9.17, 15) is 9.59 Å². The molecule has 0 unspecified atom stereocenters. The summed E-state index contributed by atoms with van der Waals surface area (Å²) in [6, 6.07) is 17.2. The molecule has 3 heterocycles. The van der Waals surface area contributed by atoms with E-state index < -0.39 is 5.91 Å². The highest BCUT2D eigenvalue weighted by Gasteiger charge is 2.13. The lowest BCUT2D eigenvalue weighted by Gasteiger charge is -2.08. The standard InChI is InChI=1S/C20H17N7O3/c28-17-10-9-16(26-27(17)12-13-30-14-6-2-1-3-7-14)19(29)23-20-22-18(24-25-20)15-8-4-5-11-21-15/h1-11H,12-13H2,(H2,22,23,24,25,29). The molecule has 0 saturated carbocycles. The van der Waals surface area contributed by atoms with Crippen molar-refractivity contribution in [3.05, 3.63) is 82.9 Å². The number of anilines is 1. The number of hydrogen-bond donors (Lipinski definition) is 2. The Morgan fingerprint density at radius 1 is 1.03 bits per heavy atom. The summed E-state index contributed by atoms with van der Waals surface area (Å²) >= 11 is 0. The molecule has 1 amide bonds. The van der Waals surface area contributed by atoms with E-state index in [2.05, 4.69) is 30.6 Å². The van der Waals surface area contributed by atoms with E-state index in [0.29, 0.717) is 17.3 Å². The summed E-state index contributed by atoms with van der Waals surface area (Å²) in [5.41, 5.74) is 0.320. The fourth-order valence-electron chi connectivity index (χ4n) is 2.60. The minimum atomic E-state index is -0.531. The first-order valence-electron chi connectivity index (χ1n) is 9.10. The summed E-state index contributed by atoms with van der Waals surface area (Å²) < 4.78 is 6.75. The molecule has 0 spiro atoms. The molecule has 0 fully saturated rings. The maximum Gasteiger partial charge on any atom is 0.278 e. The van der Waals surface area contributed by atoms with Crippen LogP contribution in [0.1, 0.15) is 10.5 Å². The molecule has 3 aromatic heterocycles. The quantitative estimate of drug-likeness (QED) is 0.481. The van der Waals surface area contributed by atoms with E-state index in [0.717, 1.165) is 0 Å². The lowest BCUT2D eigenvalue weighted by Crippen LogP contribution is -2.28. The summed E-state index contributed by atoms with van der Waals surface area (Å²) in [6.45, 7) is 0.429. The highest BCUT2D eigenvalue weighted by molar-refractivity contribution is 6.01. The number of aromatic amines is 1. The van der Waals surface area contributed by atoms with Crippen molar-refractivity contribution in [3.63, 3.8) is 0 Å². The first-order chi connectivity index (χ1) is 14.7. The second-order valence-electron chi connectivity index (χ2n) is 6.13. The van der Waals surface area contributed by atoms with Crippen molar-refractivity contribution in [2.45, 2.75) is 6.54 Å². The fraction of sp³-hybridized carbons (Fsp3) is 0.100. The monoisotopic (exact) mass is 403 g/mol. The number of carbonyl (C=O) groups is 1. The van der Waals surface area contributed by atoms with Crippen LogP contribution < -0.4 is 15.6 Å². The predicted octanol–water partition coefficient (Wildman–Crippen LogP) is 1.75. The van der Waals surface area contributed by atoms with Crippen molar-refractivity contribution in [2.24, 2.45) is 0 Å².